The van der Waals surface area contributed by atoms with E-state index in [4.69, 9.17) is 0 Å². The van der Waals surface area contributed by atoms with Gasteiger partial charge in [-0.25, -0.2) is 0 Å². The number of carbonyl (C=O) groups excluding carboxylic acids is 1. The average Bonchev–Trinajstić information content (AvgIpc) is 2.90. The number of hydrogen-bond donors (Lipinski definition) is 0. The molecule has 1 nitrogen and oxygen atoms in total. The number of aldehydes is 1. The minimum Gasteiger partial charge on any atom is -0.303 e. The first-order chi connectivity index (χ1) is 8.33. The summed E-state index contributed by atoms with van der Waals surface area (Å²) in [6.07, 6.45) is 2.91. The zero-order valence-corrected chi connectivity index (χ0v) is 10.7. The van der Waals surface area contributed by atoms with Crippen LogP contribution in [0.25, 0.3) is 0 Å². The van der Waals surface area contributed by atoms with Gasteiger partial charge in [0.2, 0.25) is 0 Å². The van der Waals surface area contributed by atoms with E-state index in [1.54, 1.807) is 11.3 Å². The van der Waals surface area contributed by atoms with E-state index in [0.717, 1.165) is 24.0 Å². The molecule has 0 radical (unpaired) electrons. The van der Waals surface area contributed by atoms with Gasteiger partial charge in [0.25, 0.3) is 0 Å². The standard InChI is InChI=1S/C15H16OS/c1-2-12-5-7-13(8-6-12)10-14(11-16)15-4-3-9-17-15/h3-9,11,14H,2,10H2,1H3. The van der Waals surface area contributed by atoms with Crippen LogP contribution < -0.4 is 0 Å². The first-order valence-electron chi connectivity index (χ1n) is 5.90. The van der Waals surface area contributed by atoms with Crippen molar-refractivity contribution in [2.24, 2.45) is 0 Å². The summed E-state index contributed by atoms with van der Waals surface area (Å²) in [6, 6.07) is 12.6. The second kappa shape index (κ2) is 5.78. The summed E-state index contributed by atoms with van der Waals surface area (Å²) in [5.74, 6) is 0.00229. The van der Waals surface area contributed by atoms with Crippen LogP contribution in [0.4, 0.5) is 0 Å². The highest BCUT2D eigenvalue weighted by molar-refractivity contribution is 7.10. The lowest BCUT2D eigenvalue weighted by atomic mass is 9.98. The van der Waals surface area contributed by atoms with Gasteiger partial charge in [0.05, 0.1) is 5.92 Å². The molecule has 0 aliphatic heterocycles. The molecular weight excluding hydrogens is 228 g/mol. The van der Waals surface area contributed by atoms with Crippen molar-refractivity contribution in [1.82, 2.24) is 0 Å². The summed E-state index contributed by atoms with van der Waals surface area (Å²) in [4.78, 5) is 12.3. The van der Waals surface area contributed by atoms with Gasteiger partial charge < -0.3 is 4.79 Å². The maximum Gasteiger partial charge on any atom is 0.128 e. The van der Waals surface area contributed by atoms with Crippen LogP contribution >= 0.6 is 11.3 Å². The summed E-state index contributed by atoms with van der Waals surface area (Å²) in [6.45, 7) is 2.15. The van der Waals surface area contributed by atoms with Crippen LogP contribution in [0.15, 0.2) is 41.8 Å². The summed E-state index contributed by atoms with van der Waals surface area (Å²) in [5.41, 5.74) is 2.57. The van der Waals surface area contributed by atoms with E-state index in [1.165, 1.54) is 11.1 Å². The molecule has 0 bridgehead atoms. The quantitative estimate of drug-likeness (QED) is 0.730. The lowest BCUT2D eigenvalue weighted by Crippen LogP contribution is -2.02. The first-order valence-corrected chi connectivity index (χ1v) is 6.78. The Hall–Kier alpha value is -1.41. The third-order valence-electron chi connectivity index (χ3n) is 2.96. The molecule has 2 rings (SSSR count). The van der Waals surface area contributed by atoms with Gasteiger partial charge in [-0.05, 0) is 35.4 Å². The molecule has 0 aliphatic carbocycles. The van der Waals surface area contributed by atoms with Crippen LogP contribution in [-0.4, -0.2) is 6.29 Å². The molecule has 0 fully saturated rings. The highest BCUT2D eigenvalue weighted by Gasteiger charge is 2.12. The van der Waals surface area contributed by atoms with Gasteiger partial charge >= 0.3 is 0 Å². The van der Waals surface area contributed by atoms with Crippen molar-refractivity contribution in [2.75, 3.05) is 0 Å². The molecule has 0 N–H and O–H groups in total. The lowest BCUT2D eigenvalue weighted by molar-refractivity contribution is -0.109. The topological polar surface area (TPSA) is 17.1 Å². The number of aryl methyl sites for hydroxylation is 1. The maximum atomic E-state index is 11.1. The molecule has 88 valence electrons. The summed E-state index contributed by atoms with van der Waals surface area (Å²) in [7, 11) is 0. The molecule has 2 aromatic rings. The molecule has 1 heterocycles. The molecule has 0 aliphatic rings. The van der Waals surface area contributed by atoms with Crippen LogP contribution in [0.2, 0.25) is 0 Å². The average molecular weight is 244 g/mol. The summed E-state index contributed by atoms with van der Waals surface area (Å²) < 4.78 is 0. The highest BCUT2D eigenvalue weighted by Crippen LogP contribution is 2.23. The molecular formula is C15H16OS. The predicted molar refractivity (Wildman–Crippen MR) is 72.6 cm³/mol. The fourth-order valence-electron chi connectivity index (χ4n) is 1.88. The van der Waals surface area contributed by atoms with E-state index in [1.807, 2.05) is 17.5 Å². The third kappa shape index (κ3) is 3.04. The molecule has 17 heavy (non-hydrogen) atoms. The normalized spacial score (nSPS) is 12.3. The van der Waals surface area contributed by atoms with Crippen molar-refractivity contribution in [1.29, 1.82) is 0 Å². The fourth-order valence-corrected chi connectivity index (χ4v) is 2.67. The molecule has 0 saturated heterocycles. The Labute approximate surface area is 106 Å². The van der Waals surface area contributed by atoms with Gasteiger partial charge in [-0.15, -0.1) is 11.3 Å². The second-order valence-corrected chi connectivity index (χ2v) is 5.11. The van der Waals surface area contributed by atoms with Crippen LogP contribution in [0.5, 0.6) is 0 Å². The SMILES string of the molecule is CCc1ccc(CC(C=O)c2cccs2)cc1. The number of hydrogen-bond acceptors (Lipinski definition) is 2. The van der Waals surface area contributed by atoms with E-state index < -0.39 is 0 Å². The second-order valence-electron chi connectivity index (χ2n) is 4.13. The van der Waals surface area contributed by atoms with Crippen molar-refractivity contribution < 1.29 is 4.79 Å². The van der Waals surface area contributed by atoms with Crippen molar-refractivity contribution in [3.8, 4) is 0 Å². The molecule has 0 saturated carbocycles. The van der Waals surface area contributed by atoms with E-state index in [9.17, 15) is 4.79 Å². The molecule has 0 amide bonds. The zero-order valence-electron chi connectivity index (χ0n) is 9.93. The van der Waals surface area contributed by atoms with Crippen molar-refractivity contribution in [3.05, 3.63) is 57.8 Å². The highest BCUT2D eigenvalue weighted by atomic mass is 32.1. The minimum absolute atomic E-state index is 0.00229. The molecule has 2 heteroatoms. The van der Waals surface area contributed by atoms with Gasteiger partial charge in [-0.3, -0.25) is 0 Å². The Morgan fingerprint density at radius 2 is 1.88 bits per heavy atom. The summed E-state index contributed by atoms with van der Waals surface area (Å²) in [5, 5.41) is 2.02. The Kier molecular flexibility index (Phi) is 4.10. The molecule has 1 aromatic heterocycles. The Morgan fingerprint density at radius 3 is 2.41 bits per heavy atom. The van der Waals surface area contributed by atoms with E-state index in [-0.39, 0.29) is 5.92 Å². The van der Waals surface area contributed by atoms with Gasteiger partial charge in [-0.2, -0.15) is 0 Å². The van der Waals surface area contributed by atoms with Gasteiger partial charge in [0.1, 0.15) is 6.29 Å². The third-order valence-corrected chi connectivity index (χ3v) is 3.96. The van der Waals surface area contributed by atoms with Crippen LogP contribution in [0, 0.1) is 0 Å². The van der Waals surface area contributed by atoms with Crippen molar-refractivity contribution >= 4 is 17.6 Å². The number of benzene rings is 1. The van der Waals surface area contributed by atoms with Crippen LogP contribution in [-0.2, 0) is 17.6 Å². The number of thiophene rings is 1. The van der Waals surface area contributed by atoms with Crippen LogP contribution in [0.3, 0.4) is 0 Å². The molecule has 0 spiro atoms. The van der Waals surface area contributed by atoms with Gasteiger partial charge in [0, 0.05) is 4.88 Å². The van der Waals surface area contributed by atoms with Crippen molar-refractivity contribution in [2.45, 2.75) is 25.7 Å². The Morgan fingerprint density at radius 1 is 1.18 bits per heavy atom. The van der Waals surface area contributed by atoms with Gasteiger partial charge in [-0.1, -0.05) is 37.3 Å². The zero-order chi connectivity index (χ0) is 12.1. The predicted octanol–water partition coefficient (Wildman–Crippen LogP) is 3.84. The smallest absolute Gasteiger partial charge is 0.128 e. The number of carbonyl (C=O) groups is 1. The maximum absolute atomic E-state index is 11.1. The Balaban J connectivity index is 2.10. The molecule has 1 aromatic carbocycles. The fraction of sp³-hybridized carbons (Fsp3) is 0.267. The Bertz CT molecular complexity index is 456. The number of rotatable bonds is 5. The first kappa shape index (κ1) is 12.1. The van der Waals surface area contributed by atoms with Crippen molar-refractivity contribution in [3.63, 3.8) is 0 Å². The van der Waals surface area contributed by atoms with E-state index >= 15 is 0 Å². The monoisotopic (exact) mass is 244 g/mol. The molecule has 1 unspecified atom stereocenters. The van der Waals surface area contributed by atoms with Gasteiger partial charge in [0.15, 0.2) is 0 Å². The van der Waals surface area contributed by atoms with Crippen LogP contribution in [0.1, 0.15) is 28.8 Å². The van der Waals surface area contributed by atoms with E-state index in [0.29, 0.717) is 0 Å². The lowest BCUT2D eigenvalue weighted by Gasteiger charge is -2.08. The molecule has 1 atom stereocenters. The minimum atomic E-state index is 0.00229. The summed E-state index contributed by atoms with van der Waals surface area (Å²) >= 11 is 1.65. The largest absolute Gasteiger partial charge is 0.303 e. The van der Waals surface area contributed by atoms with E-state index in [2.05, 4.69) is 31.2 Å².